The topological polar surface area (TPSA) is 17.1 Å². The number of hydrogen-bond acceptors (Lipinski definition) is 1. The first-order valence-corrected chi connectivity index (χ1v) is 15.6. The molecule has 1 unspecified atom stereocenters. The molecule has 0 bridgehead atoms. The number of carbonyl (C=O) groups excluding carboxylic acids is 1. The van der Waals surface area contributed by atoms with Crippen molar-refractivity contribution in [2.24, 2.45) is 0 Å². The monoisotopic (exact) mass is 352 g/mol. The van der Waals surface area contributed by atoms with Gasteiger partial charge in [0.1, 0.15) is 13.5 Å². The Morgan fingerprint density at radius 2 is 1.58 bits per heavy atom. The summed E-state index contributed by atoms with van der Waals surface area (Å²) in [5, 5.41) is 2.03. The number of fused-ring (bicyclic) bond motifs is 1. The zero-order valence-corrected chi connectivity index (χ0v) is 17.5. The zero-order chi connectivity index (χ0) is 17.6. The van der Waals surface area contributed by atoms with Crippen molar-refractivity contribution >= 4 is 26.7 Å². The number of benzene rings is 2. The van der Waals surface area contributed by atoms with Gasteiger partial charge < -0.3 is 4.79 Å². The van der Waals surface area contributed by atoms with E-state index in [1.165, 1.54) is 16.3 Å². The molecule has 1 aliphatic rings. The van der Waals surface area contributed by atoms with Crippen molar-refractivity contribution in [2.75, 3.05) is 0 Å². The van der Waals surface area contributed by atoms with Crippen molar-refractivity contribution < 1.29 is 4.79 Å². The van der Waals surface area contributed by atoms with Crippen LogP contribution < -0.4 is 5.19 Å². The summed E-state index contributed by atoms with van der Waals surface area (Å²) < 4.78 is 0. The van der Waals surface area contributed by atoms with Crippen LogP contribution >= 0.6 is 0 Å². The Balaban J connectivity index is 2.21. The van der Waals surface area contributed by atoms with Crippen LogP contribution in [0.1, 0.15) is 17.5 Å². The molecule has 1 atom stereocenters. The van der Waals surface area contributed by atoms with Crippen molar-refractivity contribution in [3.05, 3.63) is 65.7 Å². The Morgan fingerprint density at radius 3 is 2.21 bits per heavy atom. The molecule has 0 N–H and O–H groups in total. The minimum absolute atomic E-state index is 0.120. The largest absolute Gasteiger partial charge is 0.305 e. The van der Waals surface area contributed by atoms with E-state index in [9.17, 15) is 4.79 Å². The van der Waals surface area contributed by atoms with Crippen LogP contribution in [0.4, 0.5) is 0 Å². The van der Waals surface area contributed by atoms with Crippen LogP contribution in [0.15, 0.2) is 54.6 Å². The van der Waals surface area contributed by atoms with Gasteiger partial charge in [0.25, 0.3) is 0 Å². The summed E-state index contributed by atoms with van der Waals surface area (Å²) in [5.41, 5.74) is 2.62. The maximum absolute atomic E-state index is 13.1. The maximum Gasteiger partial charge on any atom is 0.123 e. The second-order valence-electron chi connectivity index (χ2n) is 8.90. The van der Waals surface area contributed by atoms with Crippen LogP contribution in [0.25, 0.3) is 0 Å². The van der Waals surface area contributed by atoms with Gasteiger partial charge in [0.15, 0.2) is 0 Å². The summed E-state index contributed by atoms with van der Waals surface area (Å²) in [6.07, 6.45) is 0.667. The van der Waals surface area contributed by atoms with Gasteiger partial charge in [-0.1, -0.05) is 92.5 Å². The van der Waals surface area contributed by atoms with Gasteiger partial charge in [-0.15, -0.1) is 0 Å². The average Bonchev–Trinajstić information content (AvgIpc) is 2.76. The highest BCUT2D eigenvalue weighted by atomic mass is 28.3. The number of hydrogen-bond donors (Lipinski definition) is 0. The van der Waals surface area contributed by atoms with E-state index in [4.69, 9.17) is 0 Å². The van der Waals surface area contributed by atoms with E-state index >= 15 is 0 Å². The fraction of sp³-hybridized carbons (Fsp3) is 0.381. The molecule has 0 saturated carbocycles. The van der Waals surface area contributed by atoms with Gasteiger partial charge >= 0.3 is 0 Å². The van der Waals surface area contributed by atoms with Crippen LogP contribution in [0.2, 0.25) is 38.8 Å². The summed E-state index contributed by atoms with van der Waals surface area (Å²) in [6, 6.07) is 20.8. The van der Waals surface area contributed by atoms with Crippen LogP contribution in [-0.4, -0.2) is 21.6 Å². The molecule has 0 fully saturated rings. The van der Waals surface area contributed by atoms with Crippen molar-refractivity contribution in [3.63, 3.8) is 0 Å². The fourth-order valence-corrected chi connectivity index (χ4v) is 8.90. The lowest BCUT2D eigenvalue weighted by Crippen LogP contribution is -2.41. The van der Waals surface area contributed by atoms with E-state index < -0.39 is 16.1 Å². The maximum atomic E-state index is 13.1. The van der Waals surface area contributed by atoms with Crippen molar-refractivity contribution in [3.8, 4) is 0 Å². The zero-order valence-electron chi connectivity index (χ0n) is 15.5. The van der Waals surface area contributed by atoms with Gasteiger partial charge in [0, 0.05) is 11.8 Å². The van der Waals surface area contributed by atoms with Crippen molar-refractivity contribution in [1.29, 1.82) is 0 Å². The molecule has 1 aliphatic heterocycles. The second kappa shape index (κ2) is 5.81. The molecule has 0 aromatic heterocycles. The predicted octanol–water partition coefficient (Wildman–Crippen LogP) is 4.74. The minimum atomic E-state index is -1.80. The van der Waals surface area contributed by atoms with Crippen LogP contribution in [0, 0.1) is 0 Å². The normalized spacial score (nSPS) is 22.2. The van der Waals surface area contributed by atoms with Crippen LogP contribution in [0.5, 0.6) is 0 Å². The average molecular weight is 353 g/mol. The van der Waals surface area contributed by atoms with Gasteiger partial charge in [0.2, 0.25) is 0 Å². The number of rotatable bonds is 4. The van der Waals surface area contributed by atoms with E-state index in [2.05, 4.69) is 87.3 Å². The molecule has 3 rings (SSSR count). The van der Waals surface area contributed by atoms with Gasteiger partial charge in [-0.3, -0.25) is 0 Å². The molecule has 126 valence electrons. The first kappa shape index (κ1) is 17.4. The highest BCUT2D eigenvalue weighted by molar-refractivity contribution is 7.03. The SMILES string of the molecule is C[Si](C)(C)C(=O)CC1(c2ccccc2)C[Si](C)(C)c2ccccc21. The molecule has 0 aliphatic carbocycles. The third-order valence-corrected chi connectivity index (χ3v) is 10.8. The number of carbonyl (C=O) groups is 1. The lowest BCUT2D eigenvalue weighted by atomic mass is 9.74. The predicted molar refractivity (Wildman–Crippen MR) is 109 cm³/mol. The third-order valence-electron chi connectivity index (χ3n) is 5.54. The molecular weight excluding hydrogens is 324 g/mol. The van der Waals surface area contributed by atoms with E-state index in [1.807, 2.05) is 0 Å². The molecule has 24 heavy (non-hydrogen) atoms. The van der Waals surface area contributed by atoms with Gasteiger partial charge in [0.05, 0.1) is 8.07 Å². The molecule has 0 radical (unpaired) electrons. The van der Waals surface area contributed by atoms with Crippen LogP contribution in [0.3, 0.4) is 0 Å². The Hall–Kier alpha value is -1.46. The Morgan fingerprint density at radius 1 is 1.00 bits per heavy atom. The Bertz CT molecular complexity index is 759. The Labute approximate surface area is 148 Å². The smallest absolute Gasteiger partial charge is 0.123 e. The van der Waals surface area contributed by atoms with Crippen LogP contribution in [-0.2, 0) is 10.2 Å². The van der Waals surface area contributed by atoms with Gasteiger partial charge in [-0.2, -0.15) is 0 Å². The molecule has 0 amide bonds. The molecule has 1 nitrogen and oxygen atoms in total. The quantitative estimate of drug-likeness (QED) is 0.727. The highest BCUT2D eigenvalue weighted by Gasteiger charge is 2.51. The second-order valence-corrected chi connectivity index (χ2v) is 18.6. The van der Waals surface area contributed by atoms with E-state index in [-0.39, 0.29) is 5.41 Å². The molecule has 0 saturated heterocycles. The summed E-state index contributed by atoms with van der Waals surface area (Å²) in [4.78, 5) is 13.1. The first-order chi connectivity index (χ1) is 11.2. The molecule has 2 aromatic rings. The molecule has 0 spiro atoms. The first-order valence-electron chi connectivity index (χ1n) is 8.86. The lowest BCUT2D eigenvalue weighted by molar-refractivity contribution is -0.113. The van der Waals surface area contributed by atoms with Crippen molar-refractivity contribution in [1.82, 2.24) is 0 Å². The van der Waals surface area contributed by atoms with Crippen molar-refractivity contribution in [2.45, 2.75) is 50.6 Å². The lowest BCUT2D eigenvalue weighted by Gasteiger charge is -2.34. The summed E-state index contributed by atoms with van der Waals surface area (Å²) in [5.74, 6) is 0. The summed E-state index contributed by atoms with van der Waals surface area (Å²) in [6.45, 7) is 11.4. The van der Waals surface area contributed by atoms with Gasteiger partial charge in [-0.05, 0) is 17.2 Å². The standard InChI is InChI=1S/C21H28OSi2/c1-23(2,3)20(22)15-21(17-11-7-6-8-12-17)16-24(4,5)19-14-10-9-13-18(19)21/h6-14H,15-16H2,1-5H3. The summed E-state index contributed by atoms with van der Waals surface area (Å²) in [7, 11) is -3.34. The van der Waals surface area contributed by atoms with E-state index in [0.717, 1.165) is 6.04 Å². The Kier molecular flexibility index (Phi) is 4.21. The fourth-order valence-electron chi connectivity index (χ4n) is 4.25. The molecule has 3 heteroatoms. The highest BCUT2D eigenvalue weighted by Crippen LogP contribution is 2.47. The van der Waals surface area contributed by atoms with E-state index in [1.54, 1.807) is 0 Å². The summed E-state index contributed by atoms with van der Waals surface area (Å²) >= 11 is 0. The minimum Gasteiger partial charge on any atom is -0.305 e. The van der Waals surface area contributed by atoms with Gasteiger partial charge in [-0.25, -0.2) is 0 Å². The molecule has 2 aromatic carbocycles. The third kappa shape index (κ3) is 2.84. The molecular formula is C21H28OSi2. The van der Waals surface area contributed by atoms with E-state index in [0.29, 0.717) is 11.8 Å². The molecule has 1 heterocycles.